The molecule has 2 rings (SSSR count). The standard InChI is InChI=1S/C14H14F3N3O/c1-8(2)6-20-13(18-7-19-20)5-12(21)14-10(16)3-9(15)4-11(14)17/h3-4,7-8H,5-6H2,1-2H3. The molecule has 0 radical (unpaired) electrons. The summed E-state index contributed by atoms with van der Waals surface area (Å²) in [5.74, 6) is -3.70. The second kappa shape index (κ2) is 6.07. The molecule has 1 aromatic carbocycles. The molecule has 1 heterocycles. The van der Waals surface area contributed by atoms with E-state index in [-0.39, 0.29) is 12.3 Å². The van der Waals surface area contributed by atoms with Crippen molar-refractivity contribution in [1.29, 1.82) is 0 Å². The van der Waals surface area contributed by atoms with Crippen LogP contribution in [0.4, 0.5) is 13.2 Å². The van der Waals surface area contributed by atoms with Crippen LogP contribution in [0.25, 0.3) is 0 Å². The van der Waals surface area contributed by atoms with E-state index in [1.165, 1.54) is 11.0 Å². The molecule has 0 aliphatic heterocycles. The molecule has 0 unspecified atom stereocenters. The molecule has 0 saturated carbocycles. The minimum Gasteiger partial charge on any atom is -0.293 e. The average molecular weight is 297 g/mol. The summed E-state index contributed by atoms with van der Waals surface area (Å²) in [6, 6.07) is 0.963. The fourth-order valence-corrected chi connectivity index (χ4v) is 1.96. The van der Waals surface area contributed by atoms with Crippen LogP contribution in [0, 0.1) is 23.4 Å². The number of nitrogens with zero attached hydrogens (tertiary/aromatic N) is 3. The number of aromatic nitrogens is 3. The number of carbonyl (C=O) groups is 1. The van der Waals surface area contributed by atoms with Gasteiger partial charge in [0, 0.05) is 18.7 Å². The molecule has 1 aromatic heterocycles. The zero-order valence-electron chi connectivity index (χ0n) is 11.6. The largest absolute Gasteiger partial charge is 0.293 e. The lowest BCUT2D eigenvalue weighted by molar-refractivity contribution is 0.0980. The van der Waals surface area contributed by atoms with Gasteiger partial charge in [-0.15, -0.1) is 0 Å². The quantitative estimate of drug-likeness (QED) is 0.797. The Morgan fingerprint density at radius 2 is 1.86 bits per heavy atom. The van der Waals surface area contributed by atoms with Gasteiger partial charge in [-0.2, -0.15) is 5.10 Å². The van der Waals surface area contributed by atoms with Crippen LogP contribution in [0.15, 0.2) is 18.5 Å². The highest BCUT2D eigenvalue weighted by Gasteiger charge is 2.21. The molecule has 0 spiro atoms. The number of ketones is 1. The van der Waals surface area contributed by atoms with Crippen molar-refractivity contribution < 1.29 is 18.0 Å². The van der Waals surface area contributed by atoms with E-state index in [2.05, 4.69) is 10.1 Å². The third kappa shape index (κ3) is 3.48. The van der Waals surface area contributed by atoms with Gasteiger partial charge in [-0.3, -0.25) is 4.79 Å². The van der Waals surface area contributed by atoms with Crippen LogP contribution >= 0.6 is 0 Å². The molecule has 0 aliphatic rings. The number of halogens is 3. The second-order valence-corrected chi connectivity index (χ2v) is 5.10. The Bertz CT molecular complexity index is 644. The maximum absolute atomic E-state index is 13.6. The van der Waals surface area contributed by atoms with Gasteiger partial charge in [0.2, 0.25) is 0 Å². The first-order valence-corrected chi connectivity index (χ1v) is 6.43. The van der Waals surface area contributed by atoms with Crippen molar-refractivity contribution in [3.05, 3.63) is 47.3 Å². The van der Waals surface area contributed by atoms with Crippen LogP contribution in [0.5, 0.6) is 0 Å². The summed E-state index contributed by atoms with van der Waals surface area (Å²) >= 11 is 0. The zero-order valence-corrected chi connectivity index (χ0v) is 11.6. The van der Waals surface area contributed by atoms with Gasteiger partial charge in [-0.05, 0) is 5.92 Å². The molecule has 0 aliphatic carbocycles. The van der Waals surface area contributed by atoms with Gasteiger partial charge in [0.25, 0.3) is 0 Å². The molecule has 0 amide bonds. The van der Waals surface area contributed by atoms with Gasteiger partial charge in [0.05, 0.1) is 12.0 Å². The van der Waals surface area contributed by atoms with Crippen LogP contribution in [0.1, 0.15) is 30.0 Å². The molecule has 0 N–H and O–H groups in total. The average Bonchev–Trinajstić information content (AvgIpc) is 2.74. The predicted octanol–water partition coefficient (Wildman–Crippen LogP) is 2.78. The van der Waals surface area contributed by atoms with Gasteiger partial charge in [0.1, 0.15) is 29.6 Å². The van der Waals surface area contributed by atoms with E-state index in [9.17, 15) is 18.0 Å². The molecule has 0 saturated heterocycles. The molecule has 0 atom stereocenters. The lowest BCUT2D eigenvalue weighted by Gasteiger charge is -2.08. The Kier molecular flexibility index (Phi) is 4.40. The van der Waals surface area contributed by atoms with Crippen molar-refractivity contribution in [1.82, 2.24) is 14.8 Å². The van der Waals surface area contributed by atoms with Crippen molar-refractivity contribution in [2.24, 2.45) is 5.92 Å². The number of rotatable bonds is 5. The third-order valence-electron chi connectivity index (χ3n) is 2.84. The summed E-state index contributed by atoms with van der Waals surface area (Å²) in [7, 11) is 0. The van der Waals surface area contributed by atoms with Gasteiger partial charge in [-0.25, -0.2) is 22.8 Å². The molecular formula is C14H14F3N3O. The van der Waals surface area contributed by atoms with E-state index in [1.807, 2.05) is 13.8 Å². The lowest BCUT2D eigenvalue weighted by atomic mass is 10.1. The van der Waals surface area contributed by atoms with Gasteiger partial charge >= 0.3 is 0 Å². The summed E-state index contributed by atoms with van der Waals surface area (Å²) < 4.78 is 41.5. The molecule has 0 bridgehead atoms. The van der Waals surface area contributed by atoms with Crippen molar-refractivity contribution in [2.75, 3.05) is 0 Å². The topological polar surface area (TPSA) is 47.8 Å². The first-order valence-electron chi connectivity index (χ1n) is 6.43. The Morgan fingerprint density at radius 1 is 1.24 bits per heavy atom. The predicted molar refractivity (Wildman–Crippen MR) is 69.2 cm³/mol. The highest BCUT2D eigenvalue weighted by molar-refractivity contribution is 5.97. The first-order chi connectivity index (χ1) is 9.88. The zero-order chi connectivity index (χ0) is 15.6. The Morgan fingerprint density at radius 3 is 2.43 bits per heavy atom. The normalized spacial score (nSPS) is 11.1. The molecule has 2 aromatic rings. The van der Waals surface area contributed by atoms with Crippen LogP contribution in [0.3, 0.4) is 0 Å². The second-order valence-electron chi connectivity index (χ2n) is 5.10. The summed E-state index contributed by atoms with van der Waals surface area (Å²) in [5, 5.41) is 3.97. The number of hydrogen-bond donors (Lipinski definition) is 0. The van der Waals surface area contributed by atoms with E-state index in [4.69, 9.17) is 0 Å². The van der Waals surface area contributed by atoms with Gasteiger partial charge in [0.15, 0.2) is 5.78 Å². The fraction of sp³-hybridized carbons (Fsp3) is 0.357. The summed E-state index contributed by atoms with van der Waals surface area (Å²) in [6.07, 6.45) is 0.981. The van der Waals surface area contributed by atoms with E-state index < -0.39 is 28.8 Å². The number of hydrogen-bond acceptors (Lipinski definition) is 3. The van der Waals surface area contributed by atoms with Crippen LogP contribution in [-0.4, -0.2) is 20.5 Å². The maximum Gasteiger partial charge on any atom is 0.176 e. The SMILES string of the molecule is CC(C)Cn1ncnc1CC(=O)c1c(F)cc(F)cc1F. The lowest BCUT2D eigenvalue weighted by Crippen LogP contribution is -2.16. The Balaban J connectivity index is 2.25. The van der Waals surface area contributed by atoms with E-state index in [0.717, 1.165) is 0 Å². The summed E-state index contributed by atoms with van der Waals surface area (Å²) in [5.41, 5.74) is -0.754. The number of benzene rings is 1. The van der Waals surface area contributed by atoms with Crippen LogP contribution < -0.4 is 0 Å². The highest BCUT2D eigenvalue weighted by Crippen LogP contribution is 2.17. The Labute approximate surface area is 119 Å². The molecule has 4 nitrogen and oxygen atoms in total. The van der Waals surface area contributed by atoms with Crippen molar-refractivity contribution in [2.45, 2.75) is 26.8 Å². The fourth-order valence-electron chi connectivity index (χ4n) is 1.96. The molecule has 112 valence electrons. The van der Waals surface area contributed by atoms with Gasteiger partial charge < -0.3 is 0 Å². The summed E-state index contributed by atoms with van der Waals surface area (Å²) in [6.45, 7) is 4.47. The van der Waals surface area contributed by atoms with E-state index >= 15 is 0 Å². The highest BCUT2D eigenvalue weighted by atomic mass is 19.1. The van der Waals surface area contributed by atoms with Crippen molar-refractivity contribution in [3.63, 3.8) is 0 Å². The first kappa shape index (κ1) is 15.2. The van der Waals surface area contributed by atoms with E-state index in [1.54, 1.807) is 0 Å². The van der Waals surface area contributed by atoms with Gasteiger partial charge in [-0.1, -0.05) is 13.8 Å². The molecule has 21 heavy (non-hydrogen) atoms. The Hall–Kier alpha value is -2.18. The number of carbonyl (C=O) groups excluding carboxylic acids is 1. The minimum absolute atomic E-state index is 0.278. The molecule has 7 heteroatoms. The maximum atomic E-state index is 13.6. The third-order valence-corrected chi connectivity index (χ3v) is 2.84. The van der Waals surface area contributed by atoms with Crippen molar-refractivity contribution >= 4 is 5.78 Å². The van der Waals surface area contributed by atoms with Crippen molar-refractivity contribution in [3.8, 4) is 0 Å². The van der Waals surface area contributed by atoms with Crippen LogP contribution in [-0.2, 0) is 13.0 Å². The minimum atomic E-state index is -1.22. The smallest absolute Gasteiger partial charge is 0.176 e. The van der Waals surface area contributed by atoms with E-state index in [0.29, 0.717) is 24.5 Å². The molecule has 0 fully saturated rings. The van der Waals surface area contributed by atoms with Crippen LogP contribution in [0.2, 0.25) is 0 Å². The number of Topliss-reactive ketones (excluding diaryl/α,β-unsaturated/α-hetero) is 1. The monoisotopic (exact) mass is 297 g/mol. The summed E-state index contributed by atoms with van der Waals surface area (Å²) in [4.78, 5) is 15.9. The molecular weight excluding hydrogens is 283 g/mol.